The molecule has 2 aromatic rings. The lowest BCUT2D eigenvalue weighted by Gasteiger charge is -2.34. The molecule has 2 rings (SSSR count). The molecule has 2 amide bonds. The van der Waals surface area contributed by atoms with Gasteiger partial charge in [0.05, 0.1) is 12.2 Å². The van der Waals surface area contributed by atoms with Crippen LogP contribution in [0, 0.1) is 5.82 Å². The fourth-order valence-corrected chi connectivity index (χ4v) is 4.57. The van der Waals surface area contributed by atoms with Gasteiger partial charge in [0.25, 0.3) is 0 Å². The molecule has 9 nitrogen and oxygen atoms in total. The van der Waals surface area contributed by atoms with Crippen LogP contribution in [0.4, 0.5) is 10.1 Å². The Bertz CT molecular complexity index is 1090. The number of amides is 2. The van der Waals surface area contributed by atoms with Gasteiger partial charge in [-0.25, -0.2) is 4.39 Å². The van der Waals surface area contributed by atoms with E-state index in [1.807, 2.05) is 27.7 Å². The Kier molecular flexibility index (Phi) is 13.8. The van der Waals surface area contributed by atoms with Gasteiger partial charge in [-0.3, -0.25) is 18.1 Å². The first-order chi connectivity index (χ1) is 18.6. The van der Waals surface area contributed by atoms with Crippen LogP contribution in [0.3, 0.4) is 0 Å². The molecule has 0 radical (unpaired) electrons. The summed E-state index contributed by atoms with van der Waals surface area (Å²) in [6.07, 6.45) is -0.766. The first kappa shape index (κ1) is 32.6. The summed E-state index contributed by atoms with van der Waals surface area (Å²) in [5.74, 6) is -1.65. The summed E-state index contributed by atoms with van der Waals surface area (Å²) in [5, 5.41) is 3.28. The number of halogens is 2. The molecule has 0 aliphatic heterocycles. The smallest absolute Gasteiger partial charge is 0.245 e. The fourth-order valence-electron chi connectivity index (χ4n) is 3.90. The number of anilines is 1. The molecule has 0 aliphatic rings. The number of hydrogen-bond acceptors (Lipinski definition) is 6. The van der Waals surface area contributed by atoms with E-state index in [0.717, 1.165) is 15.9 Å². The molecule has 2 unspecified atom stereocenters. The number of carbonyl (C=O) groups excluding carboxylic acids is 2. The molecule has 0 fully saturated rings. The molecule has 0 saturated heterocycles. The van der Waals surface area contributed by atoms with Gasteiger partial charge in [-0.2, -0.15) is 0 Å². The lowest BCUT2D eigenvalue weighted by Crippen LogP contribution is -2.54. The van der Waals surface area contributed by atoms with E-state index in [4.69, 9.17) is 21.1 Å². The number of nitrogens with zero attached hydrogens (tertiary/aromatic N) is 2. The minimum atomic E-state index is -2.81. The molecule has 0 aliphatic carbocycles. The molecule has 0 spiro atoms. The molecule has 0 bridgehead atoms. The van der Waals surface area contributed by atoms with Crippen LogP contribution >= 0.6 is 11.6 Å². The lowest BCUT2D eigenvalue weighted by molar-refractivity contribution is -0.163. The Hall–Kier alpha value is -2.57. The van der Waals surface area contributed by atoms with E-state index in [9.17, 15) is 22.7 Å². The summed E-state index contributed by atoms with van der Waals surface area (Å²) in [6.45, 7) is 8.00. The summed E-state index contributed by atoms with van der Waals surface area (Å²) >= 11 is 3.19. The average Bonchev–Trinajstić information content (AvgIpc) is 2.88. The molecular weight excluding hydrogens is 549 g/mol. The lowest BCUT2D eigenvalue weighted by atomic mass is 10.0. The van der Waals surface area contributed by atoms with Gasteiger partial charge in [0.2, 0.25) is 11.8 Å². The molecular formula is C27H36ClFN3O6S-. The van der Waals surface area contributed by atoms with E-state index in [2.05, 4.69) is 5.32 Å². The van der Waals surface area contributed by atoms with Crippen molar-refractivity contribution in [1.82, 2.24) is 10.2 Å². The molecule has 0 saturated carbocycles. The van der Waals surface area contributed by atoms with Crippen LogP contribution in [0.15, 0.2) is 48.5 Å². The van der Waals surface area contributed by atoms with Gasteiger partial charge in [0.15, 0.2) is 6.29 Å². The third kappa shape index (κ3) is 10.5. The third-order valence-corrected chi connectivity index (χ3v) is 6.78. The van der Waals surface area contributed by atoms with Crippen LogP contribution in [0.2, 0.25) is 5.02 Å². The van der Waals surface area contributed by atoms with Crippen LogP contribution in [-0.2, 0) is 36.8 Å². The van der Waals surface area contributed by atoms with E-state index in [0.29, 0.717) is 18.2 Å². The molecule has 12 heteroatoms. The number of carbonyl (C=O) groups is 2. The predicted molar refractivity (Wildman–Crippen MR) is 148 cm³/mol. The van der Waals surface area contributed by atoms with Crippen molar-refractivity contribution in [3.8, 4) is 0 Å². The SMILES string of the molecule is CCOC(CN(C(=O)C(Cc1ccc(Cl)cc1)NC(=O)CCN(c1ccccc1F)S(=O)[O-])C(C)C)OCC. The second kappa shape index (κ2) is 16.5. The molecule has 0 heterocycles. The maximum atomic E-state index is 14.2. The Morgan fingerprint density at radius 1 is 1.08 bits per heavy atom. The Balaban J connectivity index is 2.24. The molecule has 1 N–H and O–H groups in total. The Morgan fingerprint density at radius 2 is 1.69 bits per heavy atom. The highest BCUT2D eigenvalue weighted by Crippen LogP contribution is 2.20. The summed E-state index contributed by atoms with van der Waals surface area (Å²) in [5.41, 5.74) is 0.595. The van der Waals surface area contributed by atoms with Crippen LogP contribution in [0.1, 0.15) is 39.7 Å². The van der Waals surface area contributed by atoms with E-state index >= 15 is 0 Å². The van der Waals surface area contributed by atoms with Crippen LogP contribution < -0.4 is 9.62 Å². The summed E-state index contributed by atoms with van der Waals surface area (Å²) in [7, 11) is 0. The number of ether oxygens (including phenoxy) is 2. The summed E-state index contributed by atoms with van der Waals surface area (Å²) in [6, 6.07) is 11.1. The van der Waals surface area contributed by atoms with Gasteiger partial charge in [-0.1, -0.05) is 35.9 Å². The molecule has 2 aromatic carbocycles. The van der Waals surface area contributed by atoms with Crippen LogP contribution in [0.25, 0.3) is 0 Å². The number of para-hydroxylation sites is 1. The predicted octanol–water partition coefficient (Wildman–Crippen LogP) is 3.83. The van der Waals surface area contributed by atoms with Gasteiger partial charge in [0.1, 0.15) is 11.9 Å². The van der Waals surface area contributed by atoms with Gasteiger partial charge >= 0.3 is 0 Å². The monoisotopic (exact) mass is 584 g/mol. The van der Waals surface area contributed by atoms with E-state index < -0.39 is 35.3 Å². The van der Waals surface area contributed by atoms with Crippen LogP contribution in [0.5, 0.6) is 0 Å². The van der Waals surface area contributed by atoms with Gasteiger partial charge in [-0.05, 0) is 57.5 Å². The van der Waals surface area contributed by atoms with Crippen molar-refractivity contribution in [1.29, 1.82) is 0 Å². The standard InChI is InChI=1S/C27H37ClFN3O6S/c1-5-37-26(38-6-2)18-31(19(3)4)27(34)23(17-20-11-13-21(28)14-12-20)30-25(33)15-16-32(39(35)36)24-10-8-7-9-22(24)29/h7-14,19,23,26H,5-6,15-18H2,1-4H3,(H,30,33)(H,35,36)/p-1. The molecule has 0 aromatic heterocycles. The topological polar surface area (TPSA) is 111 Å². The highest BCUT2D eigenvalue weighted by atomic mass is 35.5. The van der Waals surface area contributed by atoms with Gasteiger partial charge < -0.3 is 24.2 Å². The molecule has 39 heavy (non-hydrogen) atoms. The van der Waals surface area contributed by atoms with Gasteiger partial charge in [0, 0.05) is 54.9 Å². The van der Waals surface area contributed by atoms with E-state index in [-0.39, 0.29) is 43.6 Å². The number of rotatable bonds is 16. The molecule has 216 valence electrons. The largest absolute Gasteiger partial charge is 0.755 e. The van der Waals surface area contributed by atoms with Crippen molar-refractivity contribution in [2.45, 2.75) is 58.9 Å². The van der Waals surface area contributed by atoms with Gasteiger partial charge in [-0.15, -0.1) is 0 Å². The number of benzene rings is 2. The maximum Gasteiger partial charge on any atom is 0.245 e. The van der Waals surface area contributed by atoms with Crippen LogP contribution in [-0.4, -0.2) is 70.2 Å². The van der Waals surface area contributed by atoms with E-state index in [1.54, 1.807) is 29.2 Å². The fraction of sp³-hybridized carbons (Fsp3) is 0.481. The van der Waals surface area contributed by atoms with Crippen molar-refractivity contribution < 1.29 is 32.2 Å². The van der Waals surface area contributed by atoms with Crippen molar-refractivity contribution in [3.05, 3.63) is 64.9 Å². The number of hydrogen-bond donors (Lipinski definition) is 1. The zero-order valence-electron chi connectivity index (χ0n) is 22.6. The maximum absolute atomic E-state index is 14.2. The van der Waals surface area contributed by atoms with Crippen molar-refractivity contribution in [2.24, 2.45) is 0 Å². The van der Waals surface area contributed by atoms with Crippen molar-refractivity contribution in [3.63, 3.8) is 0 Å². The summed E-state index contributed by atoms with van der Waals surface area (Å²) in [4.78, 5) is 28.3. The Morgan fingerprint density at radius 3 is 2.23 bits per heavy atom. The minimum absolute atomic E-state index is 0.154. The first-order valence-electron chi connectivity index (χ1n) is 12.8. The van der Waals surface area contributed by atoms with Crippen molar-refractivity contribution >= 4 is 40.4 Å². The summed E-state index contributed by atoms with van der Waals surface area (Å²) < 4.78 is 49.8. The quantitative estimate of drug-likeness (QED) is 0.237. The van der Waals surface area contributed by atoms with E-state index in [1.165, 1.54) is 18.2 Å². The highest BCUT2D eigenvalue weighted by molar-refractivity contribution is 7.80. The number of nitrogens with one attached hydrogen (secondary N) is 1. The normalized spacial score (nSPS) is 12.8. The zero-order valence-corrected chi connectivity index (χ0v) is 24.2. The van der Waals surface area contributed by atoms with Crippen molar-refractivity contribution in [2.75, 3.05) is 30.6 Å². The second-order valence-corrected chi connectivity index (χ2v) is 10.2. The zero-order chi connectivity index (χ0) is 28.9. The second-order valence-electron chi connectivity index (χ2n) is 8.90. The average molecular weight is 585 g/mol. The minimum Gasteiger partial charge on any atom is -0.755 e. The third-order valence-electron chi connectivity index (χ3n) is 5.79. The molecule has 2 atom stereocenters. The highest BCUT2D eigenvalue weighted by Gasteiger charge is 2.30. The first-order valence-corrected chi connectivity index (χ1v) is 14.2. The Labute approximate surface area is 237 Å².